The van der Waals surface area contributed by atoms with Crippen LogP contribution in [-0.4, -0.2) is 9.78 Å². The van der Waals surface area contributed by atoms with Gasteiger partial charge in [-0.25, -0.2) is 4.68 Å². The lowest BCUT2D eigenvalue weighted by Gasteiger charge is -2.00. The highest BCUT2D eigenvalue weighted by molar-refractivity contribution is 6.34. The maximum absolute atomic E-state index is 12.5. The van der Waals surface area contributed by atoms with Crippen LogP contribution in [0.4, 0.5) is 8.78 Å². The van der Waals surface area contributed by atoms with E-state index in [0.717, 1.165) is 5.56 Å². The topological polar surface area (TPSA) is 17.8 Å². The fraction of sp³-hybridized carbons (Fsp3) is 0.222. The molecule has 0 bridgehead atoms. The van der Waals surface area contributed by atoms with Crippen LogP contribution in [0.1, 0.15) is 12.1 Å². The molecule has 74 valence electrons. The van der Waals surface area contributed by atoms with Gasteiger partial charge in [0.15, 0.2) is 5.15 Å². The summed E-state index contributed by atoms with van der Waals surface area (Å²) in [6.45, 7) is -0.789. The minimum atomic E-state index is -2.66. The van der Waals surface area contributed by atoms with Gasteiger partial charge >= 0.3 is 6.55 Å². The largest absolute Gasteiger partial charge is 0.333 e. The summed E-state index contributed by atoms with van der Waals surface area (Å²) in [5.74, 6) is 0. The number of aromatic nitrogens is 2. The zero-order chi connectivity index (χ0) is 10.3. The molecule has 0 saturated carbocycles. The standard InChI is InChI=1S/C9H7ClF2N2/c1-5-2-3-7-6(4-5)8(10)13-14(7)9(11)12/h2-4,9H,1H3. The van der Waals surface area contributed by atoms with Crippen molar-refractivity contribution in [3.8, 4) is 0 Å². The third kappa shape index (κ3) is 1.35. The highest BCUT2D eigenvalue weighted by atomic mass is 35.5. The van der Waals surface area contributed by atoms with Crippen LogP contribution in [0.15, 0.2) is 18.2 Å². The quantitative estimate of drug-likeness (QED) is 0.715. The second kappa shape index (κ2) is 3.20. The molecule has 0 radical (unpaired) electrons. The molecule has 0 unspecified atom stereocenters. The van der Waals surface area contributed by atoms with Crippen molar-refractivity contribution >= 4 is 22.5 Å². The lowest BCUT2D eigenvalue weighted by Crippen LogP contribution is -1.99. The van der Waals surface area contributed by atoms with Gasteiger partial charge in [0, 0.05) is 5.39 Å². The first-order valence-electron chi connectivity index (χ1n) is 4.02. The van der Waals surface area contributed by atoms with E-state index in [4.69, 9.17) is 11.6 Å². The van der Waals surface area contributed by atoms with E-state index in [1.807, 2.05) is 6.92 Å². The first-order chi connectivity index (χ1) is 6.59. The molecule has 2 aromatic rings. The van der Waals surface area contributed by atoms with Crippen LogP contribution in [-0.2, 0) is 0 Å². The monoisotopic (exact) mass is 216 g/mol. The average molecular weight is 217 g/mol. The fourth-order valence-electron chi connectivity index (χ4n) is 1.37. The predicted molar refractivity (Wildman–Crippen MR) is 50.7 cm³/mol. The number of rotatable bonds is 1. The number of benzene rings is 1. The van der Waals surface area contributed by atoms with Gasteiger partial charge < -0.3 is 0 Å². The summed E-state index contributed by atoms with van der Waals surface area (Å²) >= 11 is 5.73. The maximum atomic E-state index is 12.5. The van der Waals surface area contributed by atoms with Crippen LogP contribution >= 0.6 is 11.6 Å². The Morgan fingerprint density at radius 1 is 1.43 bits per heavy atom. The highest BCUT2D eigenvalue weighted by Crippen LogP contribution is 2.27. The molecule has 2 rings (SSSR count). The normalized spacial score (nSPS) is 11.5. The van der Waals surface area contributed by atoms with Gasteiger partial charge in [-0.05, 0) is 19.1 Å². The Bertz CT molecular complexity index is 479. The minimum absolute atomic E-state index is 0.115. The minimum Gasteiger partial charge on any atom is -0.202 e. The smallest absolute Gasteiger partial charge is 0.202 e. The molecule has 0 aliphatic carbocycles. The van der Waals surface area contributed by atoms with Crippen LogP contribution in [0.3, 0.4) is 0 Å². The molecular formula is C9H7ClF2N2. The Morgan fingerprint density at radius 2 is 2.14 bits per heavy atom. The SMILES string of the molecule is Cc1ccc2c(c1)c(Cl)nn2C(F)F. The molecule has 0 saturated heterocycles. The Kier molecular flexibility index (Phi) is 2.15. The third-order valence-electron chi connectivity index (χ3n) is 2.00. The zero-order valence-corrected chi connectivity index (χ0v) is 8.09. The number of nitrogens with zero attached hydrogens (tertiary/aromatic N) is 2. The summed E-state index contributed by atoms with van der Waals surface area (Å²) in [5.41, 5.74) is 1.32. The lowest BCUT2D eigenvalue weighted by molar-refractivity contribution is 0.0615. The molecule has 1 aromatic carbocycles. The van der Waals surface area contributed by atoms with Gasteiger partial charge in [0.1, 0.15) is 0 Å². The van der Waals surface area contributed by atoms with Crippen LogP contribution < -0.4 is 0 Å². The van der Waals surface area contributed by atoms with E-state index < -0.39 is 6.55 Å². The van der Waals surface area contributed by atoms with Crippen molar-refractivity contribution in [2.24, 2.45) is 0 Å². The number of hydrogen-bond donors (Lipinski definition) is 0. The molecular weight excluding hydrogens is 210 g/mol. The first kappa shape index (κ1) is 9.40. The zero-order valence-electron chi connectivity index (χ0n) is 7.34. The number of hydrogen-bond acceptors (Lipinski definition) is 1. The van der Waals surface area contributed by atoms with E-state index in [9.17, 15) is 8.78 Å². The van der Waals surface area contributed by atoms with Gasteiger partial charge in [0.2, 0.25) is 0 Å². The maximum Gasteiger partial charge on any atom is 0.333 e. The lowest BCUT2D eigenvalue weighted by atomic mass is 10.2. The van der Waals surface area contributed by atoms with E-state index in [1.54, 1.807) is 18.2 Å². The summed E-state index contributed by atoms with van der Waals surface area (Å²) in [6.07, 6.45) is 0. The van der Waals surface area contributed by atoms with Crippen LogP contribution in [0.2, 0.25) is 5.15 Å². The van der Waals surface area contributed by atoms with Crippen molar-refractivity contribution in [2.45, 2.75) is 13.5 Å². The summed E-state index contributed by atoms with van der Waals surface area (Å²) in [6, 6.07) is 5.08. The highest BCUT2D eigenvalue weighted by Gasteiger charge is 2.14. The second-order valence-electron chi connectivity index (χ2n) is 3.03. The van der Waals surface area contributed by atoms with Gasteiger partial charge in [0.05, 0.1) is 5.52 Å². The first-order valence-corrected chi connectivity index (χ1v) is 4.40. The molecule has 0 aliphatic rings. The number of aryl methyl sites for hydroxylation is 1. The van der Waals surface area contributed by atoms with Crippen LogP contribution in [0.25, 0.3) is 10.9 Å². The van der Waals surface area contributed by atoms with Crippen LogP contribution in [0, 0.1) is 6.92 Å². The van der Waals surface area contributed by atoms with Gasteiger partial charge in [-0.1, -0.05) is 23.2 Å². The van der Waals surface area contributed by atoms with E-state index in [0.29, 0.717) is 15.6 Å². The van der Waals surface area contributed by atoms with Gasteiger partial charge in [0.25, 0.3) is 0 Å². The second-order valence-corrected chi connectivity index (χ2v) is 3.39. The molecule has 14 heavy (non-hydrogen) atoms. The molecule has 0 amide bonds. The third-order valence-corrected chi connectivity index (χ3v) is 2.28. The Labute approximate surface area is 84.1 Å². The molecule has 5 heteroatoms. The van der Waals surface area contributed by atoms with E-state index >= 15 is 0 Å². The molecule has 0 fully saturated rings. The van der Waals surface area contributed by atoms with Crippen molar-refractivity contribution < 1.29 is 8.78 Å². The number of alkyl halides is 2. The molecule has 1 aromatic heterocycles. The Balaban J connectivity index is 2.77. The summed E-state index contributed by atoms with van der Waals surface area (Å²) in [7, 11) is 0. The van der Waals surface area contributed by atoms with E-state index in [1.165, 1.54) is 0 Å². The van der Waals surface area contributed by atoms with Gasteiger partial charge in [-0.2, -0.15) is 13.9 Å². The van der Waals surface area contributed by atoms with Gasteiger partial charge in [-0.15, -0.1) is 0 Å². The molecule has 0 aliphatic heterocycles. The molecule has 0 spiro atoms. The summed E-state index contributed by atoms with van der Waals surface area (Å²) in [4.78, 5) is 0. The van der Waals surface area contributed by atoms with Crippen molar-refractivity contribution in [1.82, 2.24) is 9.78 Å². The van der Waals surface area contributed by atoms with Crippen LogP contribution in [0.5, 0.6) is 0 Å². The fourth-order valence-corrected chi connectivity index (χ4v) is 1.60. The van der Waals surface area contributed by atoms with Crippen molar-refractivity contribution in [3.63, 3.8) is 0 Å². The molecule has 0 N–H and O–H groups in total. The number of fused-ring (bicyclic) bond motifs is 1. The van der Waals surface area contributed by atoms with E-state index in [2.05, 4.69) is 5.10 Å². The molecule has 1 heterocycles. The average Bonchev–Trinajstić information content (AvgIpc) is 2.44. The van der Waals surface area contributed by atoms with Crippen molar-refractivity contribution in [3.05, 3.63) is 28.9 Å². The van der Waals surface area contributed by atoms with Crippen molar-refractivity contribution in [2.75, 3.05) is 0 Å². The Hall–Kier alpha value is -1.16. The van der Waals surface area contributed by atoms with Gasteiger partial charge in [-0.3, -0.25) is 0 Å². The molecule has 0 atom stereocenters. The summed E-state index contributed by atoms with van der Waals surface area (Å²) < 4.78 is 25.5. The predicted octanol–water partition coefficient (Wildman–Crippen LogP) is 3.39. The Morgan fingerprint density at radius 3 is 2.79 bits per heavy atom. The number of halogens is 3. The molecule has 2 nitrogen and oxygen atoms in total. The van der Waals surface area contributed by atoms with Crippen molar-refractivity contribution in [1.29, 1.82) is 0 Å². The van der Waals surface area contributed by atoms with E-state index in [-0.39, 0.29) is 5.15 Å². The summed E-state index contributed by atoms with van der Waals surface area (Å²) in [5, 5.41) is 4.24.